The number of carbonyl (C=O) groups is 2. The largest absolute Gasteiger partial charge is 0.350 e. The molecule has 120 valence electrons. The van der Waals surface area contributed by atoms with Crippen LogP contribution in [0.4, 0.5) is 5.69 Å². The Morgan fingerprint density at radius 2 is 2.09 bits per heavy atom. The molecular weight excluding hydrogens is 312 g/mol. The fourth-order valence-electron chi connectivity index (χ4n) is 2.51. The smallest absolute Gasteiger partial charge is 0.263 e. The van der Waals surface area contributed by atoms with E-state index < -0.39 is 0 Å². The number of aromatic nitrogens is 1. The van der Waals surface area contributed by atoms with Crippen molar-refractivity contribution in [3.63, 3.8) is 0 Å². The molecule has 3 heterocycles. The maximum atomic E-state index is 12.3. The second-order valence-corrected chi connectivity index (χ2v) is 6.27. The van der Waals surface area contributed by atoms with Gasteiger partial charge < -0.3 is 16.0 Å². The number of carbonyl (C=O) groups excluding carboxylic acids is 2. The van der Waals surface area contributed by atoms with Gasteiger partial charge in [-0.25, -0.2) is 0 Å². The Hall–Kier alpha value is -2.25. The van der Waals surface area contributed by atoms with E-state index in [4.69, 9.17) is 0 Å². The molecule has 0 radical (unpaired) electrons. The van der Waals surface area contributed by atoms with Crippen LogP contribution in [-0.4, -0.2) is 35.9 Å². The summed E-state index contributed by atoms with van der Waals surface area (Å²) in [5.74, 6) is -0.406. The first-order chi connectivity index (χ1) is 11.2. The fourth-order valence-corrected chi connectivity index (χ4v) is 3.27. The lowest BCUT2D eigenvalue weighted by Crippen LogP contribution is -2.37. The van der Waals surface area contributed by atoms with Crippen molar-refractivity contribution in [1.29, 1.82) is 0 Å². The fraction of sp³-hybridized carbons (Fsp3) is 0.312. The summed E-state index contributed by atoms with van der Waals surface area (Å²) in [6, 6.07) is 5.35. The molecule has 0 saturated carbocycles. The number of hydrogen-bond acceptors (Lipinski definition) is 5. The SMILES string of the molecule is O=C(Nc1ccsc1C(=O)NCC1CCCN1)c1ccncc1. The van der Waals surface area contributed by atoms with Gasteiger partial charge in [-0.05, 0) is 43.0 Å². The molecular formula is C16H18N4O2S. The number of rotatable bonds is 5. The Balaban J connectivity index is 1.62. The molecule has 2 aromatic rings. The maximum absolute atomic E-state index is 12.3. The topological polar surface area (TPSA) is 83.1 Å². The summed E-state index contributed by atoms with van der Waals surface area (Å²) in [6.45, 7) is 1.61. The third-order valence-electron chi connectivity index (χ3n) is 3.73. The highest BCUT2D eigenvalue weighted by molar-refractivity contribution is 7.12. The van der Waals surface area contributed by atoms with Gasteiger partial charge in [0.1, 0.15) is 4.88 Å². The van der Waals surface area contributed by atoms with Crippen LogP contribution in [-0.2, 0) is 0 Å². The molecule has 3 N–H and O–H groups in total. The van der Waals surface area contributed by atoms with E-state index in [1.807, 2.05) is 0 Å². The highest BCUT2D eigenvalue weighted by Gasteiger charge is 2.19. The van der Waals surface area contributed by atoms with Crippen molar-refractivity contribution in [3.05, 3.63) is 46.4 Å². The van der Waals surface area contributed by atoms with Crippen LogP contribution >= 0.6 is 11.3 Å². The van der Waals surface area contributed by atoms with Crippen LogP contribution in [0.5, 0.6) is 0 Å². The summed E-state index contributed by atoms with van der Waals surface area (Å²) in [4.78, 5) is 28.9. The molecule has 23 heavy (non-hydrogen) atoms. The molecule has 1 aliphatic heterocycles. The van der Waals surface area contributed by atoms with E-state index >= 15 is 0 Å². The van der Waals surface area contributed by atoms with Crippen molar-refractivity contribution in [1.82, 2.24) is 15.6 Å². The molecule has 0 aliphatic carbocycles. The number of anilines is 1. The Morgan fingerprint density at radius 3 is 2.83 bits per heavy atom. The molecule has 0 aromatic carbocycles. The molecule has 1 unspecified atom stereocenters. The molecule has 7 heteroatoms. The van der Waals surface area contributed by atoms with Crippen molar-refractivity contribution >= 4 is 28.8 Å². The summed E-state index contributed by atoms with van der Waals surface area (Å²) in [7, 11) is 0. The number of pyridine rings is 1. The van der Waals surface area contributed by atoms with Crippen molar-refractivity contribution in [3.8, 4) is 0 Å². The van der Waals surface area contributed by atoms with Crippen molar-refractivity contribution in [2.24, 2.45) is 0 Å². The summed E-state index contributed by atoms with van der Waals surface area (Å²) in [5.41, 5.74) is 1.04. The highest BCUT2D eigenvalue weighted by Crippen LogP contribution is 2.23. The van der Waals surface area contributed by atoms with Gasteiger partial charge in [-0.3, -0.25) is 14.6 Å². The van der Waals surface area contributed by atoms with Crippen LogP contribution in [0.3, 0.4) is 0 Å². The number of hydrogen-bond donors (Lipinski definition) is 3. The van der Waals surface area contributed by atoms with E-state index in [-0.39, 0.29) is 11.8 Å². The lowest BCUT2D eigenvalue weighted by atomic mass is 10.2. The van der Waals surface area contributed by atoms with E-state index in [9.17, 15) is 9.59 Å². The molecule has 2 aromatic heterocycles. The third kappa shape index (κ3) is 3.94. The molecule has 2 amide bonds. The number of nitrogens with zero attached hydrogens (tertiary/aromatic N) is 1. The normalized spacial score (nSPS) is 17.0. The minimum Gasteiger partial charge on any atom is -0.350 e. The zero-order valence-electron chi connectivity index (χ0n) is 12.5. The zero-order valence-corrected chi connectivity index (χ0v) is 13.4. The molecule has 1 fully saturated rings. The second kappa shape index (κ2) is 7.34. The van der Waals surface area contributed by atoms with Crippen molar-refractivity contribution in [2.75, 3.05) is 18.4 Å². The van der Waals surface area contributed by atoms with E-state index in [0.29, 0.717) is 28.7 Å². The Bertz CT molecular complexity index is 680. The van der Waals surface area contributed by atoms with Gasteiger partial charge in [0, 0.05) is 30.5 Å². The highest BCUT2D eigenvalue weighted by atomic mass is 32.1. The average molecular weight is 330 g/mol. The van der Waals surface area contributed by atoms with Crippen LogP contribution in [0.25, 0.3) is 0 Å². The number of amides is 2. The van der Waals surface area contributed by atoms with Gasteiger partial charge in [0.15, 0.2) is 0 Å². The minimum atomic E-state index is -0.252. The van der Waals surface area contributed by atoms with Crippen LogP contribution in [0.15, 0.2) is 36.0 Å². The summed E-state index contributed by atoms with van der Waals surface area (Å²) in [5, 5.41) is 10.8. The molecule has 1 saturated heterocycles. The Morgan fingerprint density at radius 1 is 1.26 bits per heavy atom. The maximum Gasteiger partial charge on any atom is 0.263 e. The van der Waals surface area contributed by atoms with E-state index in [0.717, 1.165) is 19.4 Å². The zero-order chi connectivity index (χ0) is 16.1. The van der Waals surface area contributed by atoms with Crippen LogP contribution in [0, 0.1) is 0 Å². The lowest BCUT2D eigenvalue weighted by Gasteiger charge is -2.12. The van der Waals surface area contributed by atoms with Crippen molar-refractivity contribution in [2.45, 2.75) is 18.9 Å². The standard InChI is InChI=1S/C16H18N4O2S/c21-15(11-3-7-17-8-4-11)20-13-5-9-23-14(13)16(22)19-10-12-2-1-6-18-12/h3-5,7-9,12,18H,1-2,6,10H2,(H,19,22)(H,20,21). The van der Waals surface area contributed by atoms with E-state index in [2.05, 4.69) is 20.9 Å². The molecule has 0 spiro atoms. The van der Waals surface area contributed by atoms with Gasteiger partial charge in [0.25, 0.3) is 11.8 Å². The third-order valence-corrected chi connectivity index (χ3v) is 4.65. The van der Waals surface area contributed by atoms with Crippen LogP contribution in [0.2, 0.25) is 0 Å². The molecule has 1 aliphatic rings. The predicted molar refractivity (Wildman–Crippen MR) is 89.9 cm³/mol. The lowest BCUT2D eigenvalue weighted by molar-refractivity contribution is 0.0955. The van der Waals surface area contributed by atoms with Gasteiger partial charge in [-0.15, -0.1) is 11.3 Å². The summed E-state index contributed by atoms with van der Waals surface area (Å²) >= 11 is 1.32. The first-order valence-corrected chi connectivity index (χ1v) is 8.42. The number of nitrogens with one attached hydrogen (secondary N) is 3. The monoisotopic (exact) mass is 330 g/mol. The first-order valence-electron chi connectivity index (χ1n) is 7.54. The van der Waals surface area contributed by atoms with Gasteiger partial charge >= 0.3 is 0 Å². The average Bonchev–Trinajstić information content (AvgIpc) is 3.25. The Kier molecular flexibility index (Phi) is 4.99. The summed E-state index contributed by atoms with van der Waals surface area (Å²) in [6.07, 6.45) is 5.35. The number of thiophene rings is 1. The van der Waals surface area contributed by atoms with E-state index in [1.165, 1.54) is 11.3 Å². The second-order valence-electron chi connectivity index (χ2n) is 5.36. The van der Waals surface area contributed by atoms with E-state index in [1.54, 1.807) is 36.0 Å². The van der Waals surface area contributed by atoms with Gasteiger partial charge in [0.2, 0.25) is 0 Å². The van der Waals surface area contributed by atoms with Crippen molar-refractivity contribution < 1.29 is 9.59 Å². The molecule has 0 bridgehead atoms. The Labute approximate surface area is 138 Å². The molecule has 1 atom stereocenters. The minimum absolute atomic E-state index is 0.154. The predicted octanol–water partition coefficient (Wildman–Crippen LogP) is 1.88. The summed E-state index contributed by atoms with van der Waals surface area (Å²) < 4.78 is 0. The first kappa shape index (κ1) is 15.6. The van der Waals surface area contributed by atoms with Gasteiger partial charge in [-0.1, -0.05) is 0 Å². The van der Waals surface area contributed by atoms with Gasteiger partial charge in [-0.2, -0.15) is 0 Å². The van der Waals surface area contributed by atoms with Gasteiger partial charge in [0.05, 0.1) is 5.69 Å². The molecule has 6 nitrogen and oxygen atoms in total. The molecule has 3 rings (SSSR count). The van der Waals surface area contributed by atoms with Crippen LogP contribution < -0.4 is 16.0 Å². The van der Waals surface area contributed by atoms with Crippen LogP contribution in [0.1, 0.15) is 32.9 Å². The quantitative estimate of drug-likeness (QED) is 0.782.